The van der Waals surface area contributed by atoms with E-state index in [0.717, 1.165) is 23.3 Å². The number of imidazole rings is 1. The molecule has 1 saturated heterocycles. The maximum atomic E-state index is 13.2. The van der Waals surface area contributed by atoms with Crippen LogP contribution in [0.25, 0.3) is 11.0 Å². The largest absolute Gasteiger partial charge is 0.342 e. The molecule has 1 atom stereocenters. The summed E-state index contributed by atoms with van der Waals surface area (Å²) in [6, 6.07) is 12.3. The summed E-state index contributed by atoms with van der Waals surface area (Å²) < 4.78 is 28.4. The van der Waals surface area contributed by atoms with Crippen molar-refractivity contribution in [1.29, 1.82) is 0 Å². The van der Waals surface area contributed by atoms with Gasteiger partial charge in [0.2, 0.25) is 10.0 Å². The maximum absolute atomic E-state index is 13.2. The van der Waals surface area contributed by atoms with E-state index >= 15 is 0 Å². The molecule has 0 spiro atoms. The fourth-order valence-electron chi connectivity index (χ4n) is 4.10. The predicted octanol–water partition coefficient (Wildman–Crippen LogP) is 4.28. The Balaban J connectivity index is 1.65. The summed E-state index contributed by atoms with van der Waals surface area (Å²) in [4.78, 5) is 18.0. The topological polar surface area (TPSA) is 84.3 Å². The van der Waals surface area contributed by atoms with Gasteiger partial charge in [-0.25, -0.2) is 13.4 Å². The predicted molar refractivity (Wildman–Crippen MR) is 128 cm³/mol. The zero-order valence-corrected chi connectivity index (χ0v) is 19.9. The average molecular weight is 475 g/mol. The van der Waals surface area contributed by atoms with E-state index in [2.05, 4.69) is 5.32 Å². The smallest absolute Gasteiger partial charge is 0.251 e. The lowest BCUT2D eigenvalue weighted by Gasteiger charge is -2.29. The molecule has 32 heavy (non-hydrogen) atoms. The molecule has 7 nitrogen and oxygen atoms in total. The van der Waals surface area contributed by atoms with Crippen molar-refractivity contribution in [3.8, 4) is 0 Å². The van der Waals surface area contributed by atoms with Crippen molar-refractivity contribution in [2.24, 2.45) is 13.0 Å². The maximum Gasteiger partial charge on any atom is 0.251 e. The third-order valence-corrected chi connectivity index (χ3v) is 8.05. The third kappa shape index (κ3) is 4.21. The molecule has 1 aliphatic rings. The van der Waals surface area contributed by atoms with Gasteiger partial charge in [0, 0.05) is 19.2 Å². The lowest BCUT2D eigenvalue weighted by Crippen LogP contribution is -2.38. The molecule has 2 aromatic carbocycles. The van der Waals surface area contributed by atoms with Gasteiger partial charge in [0.05, 0.1) is 33.5 Å². The molecule has 1 fully saturated rings. The summed E-state index contributed by atoms with van der Waals surface area (Å²) in [7, 11) is -1.50. The second kappa shape index (κ2) is 8.75. The van der Waals surface area contributed by atoms with E-state index in [1.807, 2.05) is 49.7 Å². The Hall–Kier alpha value is -2.58. The van der Waals surface area contributed by atoms with Crippen molar-refractivity contribution in [3.05, 3.63) is 58.9 Å². The summed E-state index contributed by atoms with van der Waals surface area (Å²) in [5, 5.41) is 3.40. The van der Waals surface area contributed by atoms with Crippen LogP contribution in [0.1, 0.15) is 48.9 Å². The molecule has 4 rings (SSSR count). The van der Waals surface area contributed by atoms with Crippen LogP contribution in [0.3, 0.4) is 0 Å². The van der Waals surface area contributed by atoms with Gasteiger partial charge in [-0.3, -0.25) is 9.10 Å². The monoisotopic (exact) mass is 474 g/mol. The van der Waals surface area contributed by atoms with Gasteiger partial charge in [-0.1, -0.05) is 37.6 Å². The summed E-state index contributed by atoms with van der Waals surface area (Å²) in [5.41, 5.74) is 2.57. The van der Waals surface area contributed by atoms with Gasteiger partial charge >= 0.3 is 0 Å². The summed E-state index contributed by atoms with van der Waals surface area (Å²) in [5.74, 6) is 0.635. The number of aryl methyl sites for hydroxylation is 1. The van der Waals surface area contributed by atoms with Crippen LogP contribution in [0.4, 0.5) is 5.69 Å². The van der Waals surface area contributed by atoms with Crippen LogP contribution in [-0.4, -0.2) is 36.2 Å². The van der Waals surface area contributed by atoms with Crippen LogP contribution >= 0.6 is 11.6 Å². The van der Waals surface area contributed by atoms with Crippen molar-refractivity contribution < 1.29 is 13.2 Å². The first-order chi connectivity index (χ1) is 15.2. The van der Waals surface area contributed by atoms with Crippen LogP contribution in [0, 0.1) is 5.92 Å². The molecule has 0 aliphatic carbocycles. The summed E-state index contributed by atoms with van der Waals surface area (Å²) in [6.07, 6.45) is 1.39. The van der Waals surface area contributed by atoms with Gasteiger partial charge in [0.25, 0.3) is 5.91 Å². The molecule has 0 unspecified atom stereocenters. The minimum Gasteiger partial charge on any atom is -0.342 e. The van der Waals surface area contributed by atoms with E-state index in [0.29, 0.717) is 29.2 Å². The molecule has 0 bridgehead atoms. The number of carbonyl (C=O) groups is 1. The quantitative estimate of drug-likeness (QED) is 0.598. The first-order valence-electron chi connectivity index (χ1n) is 10.7. The number of benzene rings is 2. The highest BCUT2D eigenvalue weighted by Crippen LogP contribution is 2.32. The lowest BCUT2D eigenvalue weighted by atomic mass is 10.0. The fourth-order valence-corrected chi connectivity index (χ4v) is 6.02. The van der Waals surface area contributed by atoms with Crippen molar-refractivity contribution in [2.45, 2.75) is 32.7 Å². The highest BCUT2D eigenvalue weighted by Gasteiger charge is 2.29. The molecular formula is C23H27ClN4O3S. The van der Waals surface area contributed by atoms with E-state index < -0.39 is 10.0 Å². The number of hydrogen-bond acceptors (Lipinski definition) is 4. The molecule has 170 valence electrons. The van der Waals surface area contributed by atoms with E-state index in [4.69, 9.17) is 16.6 Å². The Morgan fingerprint density at radius 2 is 1.91 bits per heavy atom. The first-order valence-corrected chi connectivity index (χ1v) is 12.7. The van der Waals surface area contributed by atoms with Gasteiger partial charge in [0.1, 0.15) is 5.82 Å². The van der Waals surface area contributed by atoms with Crippen molar-refractivity contribution in [3.63, 3.8) is 0 Å². The number of fused-ring (bicyclic) bond motifs is 1. The number of anilines is 1. The molecule has 9 heteroatoms. The molecule has 0 saturated carbocycles. The molecule has 0 radical (unpaired) electrons. The van der Waals surface area contributed by atoms with Gasteiger partial charge in [-0.05, 0) is 49.1 Å². The summed E-state index contributed by atoms with van der Waals surface area (Å²) in [6.45, 7) is 4.41. The minimum absolute atomic E-state index is 0.0852. The highest BCUT2D eigenvalue weighted by molar-refractivity contribution is 7.92. The molecule has 1 aromatic heterocycles. The van der Waals surface area contributed by atoms with E-state index in [1.54, 1.807) is 18.2 Å². The zero-order chi connectivity index (χ0) is 23.0. The number of para-hydroxylation sites is 2. The molecule has 1 amide bonds. The number of hydrogen-bond donors (Lipinski definition) is 1. The number of carbonyl (C=O) groups excluding carboxylic acids is 1. The number of amides is 1. The normalized spacial score (nSPS) is 17.0. The third-order valence-electron chi connectivity index (χ3n) is 5.88. The number of rotatable bonds is 5. The fraction of sp³-hybridized carbons (Fsp3) is 0.391. The van der Waals surface area contributed by atoms with Crippen LogP contribution in [-0.2, 0) is 17.1 Å². The molecule has 3 aromatic rings. The van der Waals surface area contributed by atoms with E-state index in [-0.39, 0.29) is 23.6 Å². The molecule has 1 aliphatic heterocycles. The highest BCUT2D eigenvalue weighted by atomic mass is 35.5. The lowest BCUT2D eigenvalue weighted by molar-refractivity contribution is 0.0922. The van der Waals surface area contributed by atoms with E-state index in [9.17, 15) is 13.2 Å². The SMILES string of the molecule is CC(C)[C@H](NC(=O)c1ccc(Cl)c(N2CCCCS2(=O)=O)c1)c1nc2ccccc2n1C. The Labute approximate surface area is 193 Å². The average Bonchev–Trinajstić information content (AvgIpc) is 3.08. The van der Waals surface area contributed by atoms with Crippen LogP contribution in [0.15, 0.2) is 42.5 Å². The summed E-state index contributed by atoms with van der Waals surface area (Å²) >= 11 is 6.33. The number of sulfonamides is 1. The van der Waals surface area contributed by atoms with Crippen molar-refractivity contribution in [2.75, 3.05) is 16.6 Å². The minimum atomic E-state index is -3.44. The van der Waals surface area contributed by atoms with Gasteiger partial charge < -0.3 is 9.88 Å². The molecular weight excluding hydrogens is 448 g/mol. The van der Waals surface area contributed by atoms with Crippen molar-refractivity contribution >= 4 is 44.3 Å². The van der Waals surface area contributed by atoms with Gasteiger partial charge in [-0.15, -0.1) is 0 Å². The van der Waals surface area contributed by atoms with Gasteiger partial charge in [0.15, 0.2) is 0 Å². The van der Waals surface area contributed by atoms with Crippen LogP contribution in [0.2, 0.25) is 5.02 Å². The Morgan fingerprint density at radius 1 is 1.16 bits per heavy atom. The van der Waals surface area contributed by atoms with Crippen LogP contribution < -0.4 is 9.62 Å². The zero-order valence-electron chi connectivity index (χ0n) is 18.4. The number of aromatic nitrogens is 2. The van der Waals surface area contributed by atoms with E-state index in [1.165, 1.54) is 4.31 Å². The standard InChI is InChI=1S/C23H27ClN4O3S/c1-15(2)21(22-25-18-8-4-5-9-19(18)27(22)3)26-23(29)16-10-11-17(24)20(14-16)28-12-6-7-13-32(28,30)31/h4-5,8-11,14-15,21H,6-7,12-13H2,1-3H3,(H,26,29)/t21-/m0/s1. The molecule has 1 N–H and O–H groups in total. The van der Waals surface area contributed by atoms with Gasteiger partial charge in [-0.2, -0.15) is 0 Å². The molecule has 2 heterocycles. The Kier molecular flexibility index (Phi) is 6.18. The van der Waals surface area contributed by atoms with Crippen molar-refractivity contribution in [1.82, 2.24) is 14.9 Å². The first kappa shape index (κ1) is 22.6. The number of halogens is 1. The number of nitrogens with one attached hydrogen (secondary N) is 1. The second-order valence-electron chi connectivity index (χ2n) is 8.47. The Morgan fingerprint density at radius 3 is 2.59 bits per heavy atom. The Bertz CT molecular complexity index is 1270. The number of nitrogens with zero attached hydrogens (tertiary/aromatic N) is 3. The second-order valence-corrected chi connectivity index (χ2v) is 10.9. The van der Waals surface area contributed by atoms with Crippen LogP contribution in [0.5, 0.6) is 0 Å².